The number of hydrogen-bond donors (Lipinski definition) is 1. The summed E-state index contributed by atoms with van der Waals surface area (Å²) in [6.07, 6.45) is 0.139. The fraction of sp³-hybridized carbons (Fsp3) is 0.600. The molecule has 0 saturated carbocycles. The molecule has 1 unspecified atom stereocenters. The summed E-state index contributed by atoms with van der Waals surface area (Å²) in [5.41, 5.74) is 0. The van der Waals surface area contributed by atoms with Crippen molar-refractivity contribution in [3.8, 4) is 0 Å². The quantitative estimate of drug-likeness (QED) is 0.771. The van der Waals surface area contributed by atoms with Gasteiger partial charge in [-0.25, -0.2) is 18.5 Å². The third-order valence-electron chi connectivity index (χ3n) is 2.76. The van der Waals surface area contributed by atoms with Crippen LogP contribution in [0.1, 0.15) is 18.1 Å². The zero-order valence-corrected chi connectivity index (χ0v) is 11.5. The average Bonchev–Trinajstić information content (AvgIpc) is 2.54. The molecule has 19 heavy (non-hydrogen) atoms. The highest BCUT2D eigenvalue weighted by atomic mass is 32.2. The Bertz CT molecular complexity index is 595. The summed E-state index contributed by atoms with van der Waals surface area (Å²) in [5.74, 6) is 0.582. The molecule has 2 heterocycles. The zero-order chi connectivity index (χ0) is 14.2. The number of hydrogen-bond acceptors (Lipinski definition) is 6. The number of rotatable bonds is 3. The molecule has 1 fully saturated rings. The molecule has 1 aromatic rings. The molecule has 104 valence electrons. The predicted molar refractivity (Wildman–Crippen MR) is 67.7 cm³/mol. The van der Waals surface area contributed by atoms with E-state index < -0.39 is 10.0 Å². The van der Waals surface area contributed by atoms with E-state index >= 15 is 0 Å². The van der Waals surface area contributed by atoms with Gasteiger partial charge in [0.15, 0.2) is 0 Å². The van der Waals surface area contributed by atoms with Gasteiger partial charge in [-0.2, -0.15) is 9.97 Å². The number of aromatic nitrogens is 3. The summed E-state index contributed by atoms with van der Waals surface area (Å²) in [4.78, 5) is 25.5. The molecule has 9 heteroatoms. The Balaban J connectivity index is 2.20. The minimum absolute atomic E-state index is 0.139. The van der Waals surface area contributed by atoms with Gasteiger partial charge in [0.25, 0.3) is 0 Å². The fourth-order valence-electron chi connectivity index (χ4n) is 2.13. The van der Waals surface area contributed by atoms with Crippen LogP contribution in [0, 0.1) is 19.8 Å². The van der Waals surface area contributed by atoms with E-state index in [1.807, 2.05) is 0 Å². The van der Waals surface area contributed by atoms with Gasteiger partial charge >= 0.3 is 0 Å². The summed E-state index contributed by atoms with van der Waals surface area (Å²) < 4.78 is 22.1. The van der Waals surface area contributed by atoms with Gasteiger partial charge in [0.1, 0.15) is 11.6 Å². The van der Waals surface area contributed by atoms with Crippen molar-refractivity contribution in [3.05, 3.63) is 11.6 Å². The standard InChI is InChI=1S/C10H15N5O3S/c1-6-12-7(2)14-10(13-6)15-4-8(3-9(15)16)5-19(11,17)18/h8H,3-5H2,1-2H3,(H2,11,17,18). The maximum Gasteiger partial charge on any atom is 0.235 e. The van der Waals surface area contributed by atoms with Crippen molar-refractivity contribution >= 4 is 21.9 Å². The highest BCUT2D eigenvalue weighted by Gasteiger charge is 2.34. The number of amides is 1. The molecule has 0 bridgehead atoms. The minimum atomic E-state index is -3.58. The smallest absolute Gasteiger partial charge is 0.235 e. The molecule has 1 aromatic heterocycles. The van der Waals surface area contributed by atoms with Crippen molar-refractivity contribution < 1.29 is 13.2 Å². The van der Waals surface area contributed by atoms with Gasteiger partial charge in [0, 0.05) is 18.9 Å². The van der Waals surface area contributed by atoms with Crippen LogP contribution in [-0.4, -0.2) is 41.6 Å². The second-order valence-electron chi connectivity index (χ2n) is 4.63. The van der Waals surface area contributed by atoms with Crippen molar-refractivity contribution in [1.82, 2.24) is 15.0 Å². The normalized spacial score (nSPS) is 20.1. The maximum absolute atomic E-state index is 11.9. The van der Waals surface area contributed by atoms with Crippen LogP contribution in [0.5, 0.6) is 0 Å². The molecular weight excluding hydrogens is 270 g/mol. The molecule has 0 aliphatic carbocycles. The Morgan fingerprint density at radius 1 is 1.26 bits per heavy atom. The van der Waals surface area contributed by atoms with Crippen LogP contribution in [0.25, 0.3) is 0 Å². The van der Waals surface area contributed by atoms with Crippen LogP contribution in [0.15, 0.2) is 0 Å². The number of nitrogens with zero attached hydrogens (tertiary/aromatic N) is 4. The van der Waals surface area contributed by atoms with Crippen LogP contribution in [0.2, 0.25) is 0 Å². The first-order valence-corrected chi connectivity index (χ1v) is 7.46. The zero-order valence-electron chi connectivity index (χ0n) is 10.7. The van der Waals surface area contributed by atoms with E-state index in [1.54, 1.807) is 13.8 Å². The lowest BCUT2D eigenvalue weighted by Crippen LogP contribution is -2.29. The predicted octanol–water partition coefficient (Wildman–Crippen LogP) is -0.870. The number of nitrogens with two attached hydrogens (primary N) is 1. The minimum Gasteiger partial charge on any atom is -0.280 e. The number of carbonyl (C=O) groups excluding carboxylic acids is 1. The van der Waals surface area contributed by atoms with Gasteiger partial charge in [-0.15, -0.1) is 0 Å². The number of primary sulfonamides is 1. The van der Waals surface area contributed by atoms with Crippen LogP contribution < -0.4 is 10.0 Å². The third kappa shape index (κ3) is 3.44. The lowest BCUT2D eigenvalue weighted by atomic mass is 10.1. The number of carbonyl (C=O) groups is 1. The van der Waals surface area contributed by atoms with Crippen molar-refractivity contribution in [1.29, 1.82) is 0 Å². The molecular formula is C10H15N5O3S. The second-order valence-corrected chi connectivity index (χ2v) is 6.29. The van der Waals surface area contributed by atoms with Crippen molar-refractivity contribution in [2.24, 2.45) is 11.1 Å². The maximum atomic E-state index is 11.9. The Morgan fingerprint density at radius 2 is 1.84 bits per heavy atom. The van der Waals surface area contributed by atoms with E-state index in [9.17, 15) is 13.2 Å². The molecule has 0 spiro atoms. The molecule has 1 atom stereocenters. The van der Waals surface area contributed by atoms with E-state index in [4.69, 9.17) is 5.14 Å². The second kappa shape index (κ2) is 4.82. The molecule has 0 aromatic carbocycles. The number of aryl methyl sites for hydroxylation is 2. The van der Waals surface area contributed by atoms with Gasteiger partial charge in [-0.1, -0.05) is 0 Å². The Kier molecular flexibility index (Phi) is 3.50. The van der Waals surface area contributed by atoms with E-state index in [1.165, 1.54) is 4.90 Å². The molecule has 2 rings (SSSR count). The summed E-state index contributed by atoms with van der Waals surface area (Å²) in [6, 6.07) is 0. The first-order chi connectivity index (χ1) is 8.74. The van der Waals surface area contributed by atoms with E-state index in [0.717, 1.165) is 0 Å². The Labute approximate surface area is 111 Å². The first kappa shape index (κ1) is 13.8. The highest BCUT2D eigenvalue weighted by Crippen LogP contribution is 2.22. The summed E-state index contributed by atoms with van der Waals surface area (Å²) in [5, 5.41) is 4.99. The summed E-state index contributed by atoms with van der Waals surface area (Å²) >= 11 is 0. The Morgan fingerprint density at radius 3 is 2.37 bits per heavy atom. The van der Waals surface area contributed by atoms with Crippen molar-refractivity contribution in [3.63, 3.8) is 0 Å². The first-order valence-electron chi connectivity index (χ1n) is 5.75. The summed E-state index contributed by atoms with van der Waals surface area (Å²) in [7, 11) is -3.58. The average molecular weight is 285 g/mol. The van der Waals surface area contributed by atoms with Gasteiger partial charge in [-0.05, 0) is 13.8 Å². The monoisotopic (exact) mass is 285 g/mol. The van der Waals surface area contributed by atoms with E-state index in [2.05, 4.69) is 15.0 Å². The third-order valence-corrected chi connectivity index (χ3v) is 3.70. The fourth-order valence-corrected chi connectivity index (χ4v) is 3.01. The Hall–Kier alpha value is -1.61. The SMILES string of the molecule is Cc1nc(C)nc(N2CC(CS(N)(=O)=O)CC2=O)n1. The van der Waals surface area contributed by atoms with Crippen molar-refractivity contribution in [2.75, 3.05) is 17.2 Å². The molecule has 0 radical (unpaired) electrons. The van der Waals surface area contributed by atoms with E-state index in [0.29, 0.717) is 11.6 Å². The molecule has 1 aliphatic heterocycles. The molecule has 1 amide bonds. The lowest BCUT2D eigenvalue weighted by Gasteiger charge is -2.14. The van der Waals surface area contributed by atoms with Gasteiger partial charge in [-0.3, -0.25) is 9.69 Å². The molecule has 8 nitrogen and oxygen atoms in total. The highest BCUT2D eigenvalue weighted by molar-refractivity contribution is 7.89. The molecule has 1 aliphatic rings. The van der Waals surface area contributed by atoms with Crippen LogP contribution in [0.3, 0.4) is 0 Å². The number of anilines is 1. The molecule has 1 saturated heterocycles. The summed E-state index contributed by atoms with van der Waals surface area (Å²) in [6.45, 7) is 3.68. The largest absolute Gasteiger partial charge is 0.280 e. The van der Waals surface area contributed by atoms with Gasteiger partial charge in [0.2, 0.25) is 21.9 Å². The van der Waals surface area contributed by atoms with Gasteiger partial charge < -0.3 is 0 Å². The molecule has 2 N–H and O–H groups in total. The van der Waals surface area contributed by atoms with Crippen molar-refractivity contribution in [2.45, 2.75) is 20.3 Å². The van der Waals surface area contributed by atoms with Crippen LogP contribution in [0.4, 0.5) is 5.95 Å². The van der Waals surface area contributed by atoms with E-state index in [-0.39, 0.29) is 36.5 Å². The van der Waals surface area contributed by atoms with Gasteiger partial charge in [0.05, 0.1) is 5.75 Å². The van der Waals surface area contributed by atoms with Crippen LogP contribution in [-0.2, 0) is 14.8 Å². The lowest BCUT2D eigenvalue weighted by molar-refractivity contribution is -0.117. The topological polar surface area (TPSA) is 119 Å². The number of sulfonamides is 1. The van der Waals surface area contributed by atoms with Crippen LogP contribution >= 0.6 is 0 Å².